The van der Waals surface area contributed by atoms with Crippen molar-refractivity contribution in [2.45, 2.75) is 33.2 Å². The van der Waals surface area contributed by atoms with Crippen LogP contribution in [-0.4, -0.2) is 45.8 Å². The minimum absolute atomic E-state index is 0.0165. The summed E-state index contributed by atoms with van der Waals surface area (Å²) in [6.07, 6.45) is 2.59. The number of carbonyl (C=O) groups excluding carboxylic acids is 2. The molecule has 0 spiro atoms. The highest BCUT2D eigenvalue weighted by atomic mass is 32.1. The summed E-state index contributed by atoms with van der Waals surface area (Å²) >= 11 is 2.93. The van der Waals surface area contributed by atoms with E-state index in [0.717, 1.165) is 34.2 Å². The van der Waals surface area contributed by atoms with Crippen LogP contribution in [0.2, 0.25) is 0 Å². The molecule has 4 heterocycles. The van der Waals surface area contributed by atoms with Crippen LogP contribution in [0.15, 0.2) is 23.7 Å². The van der Waals surface area contributed by atoms with Crippen molar-refractivity contribution in [2.24, 2.45) is 0 Å². The Bertz CT molecular complexity index is 1070. The zero-order valence-electron chi connectivity index (χ0n) is 16.4. The fourth-order valence-electron chi connectivity index (χ4n) is 3.36. The number of nitrogens with one attached hydrogen (secondary N) is 1. The Balaban J connectivity index is 1.43. The van der Waals surface area contributed by atoms with Gasteiger partial charge in [-0.2, -0.15) is 0 Å². The van der Waals surface area contributed by atoms with Crippen LogP contribution in [0.1, 0.15) is 44.1 Å². The number of Topliss-reactive ketones (excluding diaryl/α,β-unsaturated/α-hetero) is 1. The van der Waals surface area contributed by atoms with Crippen LogP contribution in [0.5, 0.6) is 0 Å². The molecule has 1 N–H and O–H groups in total. The van der Waals surface area contributed by atoms with Crippen molar-refractivity contribution < 1.29 is 9.59 Å². The van der Waals surface area contributed by atoms with Crippen LogP contribution in [0.4, 0.5) is 5.95 Å². The van der Waals surface area contributed by atoms with Crippen molar-refractivity contribution in [1.29, 1.82) is 0 Å². The zero-order valence-corrected chi connectivity index (χ0v) is 18.1. The average Bonchev–Trinajstić information content (AvgIpc) is 3.41. The Labute approximate surface area is 176 Å². The van der Waals surface area contributed by atoms with Gasteiger partial charge in [-0.1, -0.05) is 0 Å². The molecule has 1 amide bonds. The molecule has 29 heavy (non-hydrogen) atoms. The van der Waals surface area contributed by atoms with E-state index in [1.807, 2.05) is 19.9 Å². The second kappa shape index (κ2) is 8.00. The number of hydrogen-bond acceptors (Lipinski definition) is 8. The number of carbonyl (C=O) groups is 2. The summed E-state index contributed by atoms with van der Waals surface area (Å²) < 4.78 is 0. The summed E-state index contributed by atoms with van der Waals surface area (Å²) in [6.45, 7) is 6.91. The van der Waals surface area contributed by atoms with Crippen LogP contribution < -0.4 is 10.2 Å². The Morgan fingerprint density at radius 1 is 1.28 bits per heavy atom. The van der Waals surface area contributed by atoms with E-state index >= 15 is 0 Å². The SMILES string of the molecule is CC(=O)c1cc(C(=O)NC2CCN(c3nccc(-c4sc(C)nc4C)n3)C2)cs1. The van der Waals surface area contributed by atoms with E-state index in [0.29, 0.717) is 22.9 Å². The molecule has 7 nitrogen and oxygen atoms in total. The summed E-state index contributed by atoms with van der Waals surface area (Å²) in [4.78, 5) is 41.3. The first-order valence-corrected chi connectivity index (χ1v) is 11.0. The minimum Gasteiger partial charge on any atom is -0.347 e. The number of rotatable bonds is 5. The number of thiazole rings is 1. The highest BCUT2D eigenvalue weighted by Gasteiger charge is 2.27. The molecule has 3 aromatic rings. The van der Waals surface area contributed by atoms with E-state index in [9.17, 15) is 9.59 Å². The number of hydrogen-bond donors (Lipinski definition) is 1. The lowest BCUT2D eigenvalue weighted by Gasteiger charge is -2.17. The maximum Gasteiger partial charge on any atom is 0.252 e. The van der Waals surface area contributed by atoms with Gasteiger partial charge >= 0.3 is 0 Å². The first kappa shape index (κ1) is 19.7. The monoisotopic (exact) mass is 427 g/mol. The lowest BCUT2D eigenvalue weighted by atomic mass is 10.2. The molecule has 0 aromatic carbocycles. The molecule has 1 unspecified atom stereocenters. The van der Waals surface area contributed by atoms with Crippen LogP contribution >= 0.6 is 22.7 Å². The number of thiophene rings is 1. The van der Waals surface area contributed by atoms with Crippen LogP contribution in [0.3, 0.4) is 0 Å². The molecule has 9 heteroatoms. The van der Waals surface area contributed by atoms with Crippen molar-refractivity contribution in [3.63, 3.8) is 0 Å². The lowest BCUT2D eigenvalue weighted by molar-refractivity contribution is 0.0940. The molecule has 0 aliphatic carbocycles. The van der Waals surface area contributed by atoms with Gasteiger partial charge in [-0.3, -0.25) is 9.59 Å². The van der Waals surface area contributed by atoms with Gasteiger partial charge < -0.3 is 10.2 Å². The molecule has 1 aliphatic heterocycles. The molecular weight excluding hydrogens is 406 g/mol. The summed E-state index contributed by atoms with van der Waals surface area (Å²) in [5.74, 6) is 0.495. The van der Waals surface area contributed by atoms with E-state index in [1.54, 1.807) is 29.0 Å². The molecule has 150 valence electrons. The van der Waals surface area contributed by atoms with E-state index < -0.39 is 0 Å². The topological polar surface area (TPSA) is 88.1 Å². The summed E-state index contributed by atoms with van der Waals surface area (Å²) in [5.41, 5.74) is 2.39. The first-order valence-electron chi connectivity index (χ1n) is 9.33. The summed E-state index contributed by atoms with van der Waals surface area (Å²) in [7, 11) is 0. The Morgan fingerprint density at radius 3 is 2.79 bits per heavy atom. The molecule has 1 aliphatic rings. The van der Waals surface area contributed by atoms with Crippen molar-refractivity contribution in [3.05, 3.63) is 44.9 Å². The van der Waals surface area contributed by atoms with E-state index in [-0.39, 0.29) is 17.7 Å². The van der Waals surface area contributed by atoms with Crippen molar-refractivity contribution >= 4 is 40.3 Å². The molecule has 1 atom stereocenters. The molecule has 4 rings (SSSR count). The Hall–Kier alpha value is -2.65. The van der Waals surface area contributed by atoms with E-state index in [4.69, 9.17) is 4.98 Å². The van der Waals surface area contributed by atoms with Crippen molar-refractivity contribution in [1.82, 2.24) is 20.3 Å². The third kappa shape index (κ3) is 4.20. The van der Waals surface area contributed by atoms with Crippen LogP contribution in [-0.2, 0) is 0 Å². The molecule has 1 saturated heterocycles. The second-order valence-electron chi connectivity index (χ2n) is 7.05. The summed E-state index contributed by atoms with van der Waals surface area (Å²) in [5, 5.41) is 5.80. The zero-order chi connectivity index (χ0) is 20.5. The molecule has 0 radical (unpaired) electrons. The quantitative estimate of drug-likeness (QED) is 0.627. The number of amides is 1. The van der Waals surface area contributed by atoms with Gasteiger partial charge in [0.15, 0.2) is 5.78 Å². The number of nitrogens with zero attached hydrogens (tertiary/aromatic N) is 4. The second-order valence-corrected chi connectivity index (χ2v) is 9.16. The number of aryl methyl sites for hydroxylation is 2. The number of aromatic nitrogens is 3. The standard InChI is InChI=1S/C20H21N5O2S2/c1-11-18(29-13(3)22-11)16-4-6-21-20(24-16)25-7-5-15(9-25)23-19(27)14-8-17(12(2)26)28-10-14/h4,6,8,10,15H,5,7,9H2,1-3H3,(H,23,27). The average molecular weight is 428 g/mol. The highest BCUT2D eigenvalue weighted by Crippen LogP contribution is 2.29. The van der Waals surface area contributed by atoms with Gasteiger partial charge in [-0.15, -0.1) is 22.7 Å². The molecule has 3 aromatic heterocycles. The largest absolute Gasteiger partial charge is 0.347 e. The molecule has 0 saturated carbocycles. The molecule has 0 bridgehead atoms. The maximum absolute atomic E-state index is 12.5. The Morgan fingerprint density at radius 2 is 2.10 bits per heavy atom. The molecular formula is C20H21N5O2S2. The predicted octanol–water partition coefficient (Wildman–Crippen LogP) is 3.49. The first-order chi connectivity index (χ1) is 13.9. The summed E-state index contributed by atoms with van der Waals surface area (Å²) in [6, 6.07) is 3.58. The predicted molar refractivity (Wildman–Crippen MR) is 115 cm³/mol. The minimum atomic E-state index is -0.147. The Kier molecular flexibility index (Phi) is 5.42. The number of anilines is 1. The number of ketones is 1. The lowest BCUT2D eigenvalue weighted by Crippen LogP contribution is -2.37. The van der Waals surface area contributed by atoms with Gasteiger partial charge in [0.05, 0.1) is 31.7 Å². The van der Waals surface area contributed by atoms with E-state index in [1.165, 1.54) is 18.3 Å². The van der Waals surface area contributed by atoms with E-state index in [2.05, 4.69) is 20.2 Å². The van der Waals surface area contributed by atoms with Gasteiger partial charge in [0.2, 0.25) is 5.95 Å². The van der Waals surface area contributed by atoms with Gasteiger partial charge in [0.25, 0.3) is 5.91 Å². The van der Waals surface area contributed by atoms with Gasteiger partial charge in [-0.25, -0.2) is 15.0 Å². The fraction of sp³-hybridized carbons (Fsp3) is 0.350. The normalized spacial score (nSPS) is 16.2. The fourth-order valence-corrected chi connectivity index (χ4v) is 5.04. The van der Waals surface area contributed by atoms with Gasteiger partial charge in [0, 0.05) is 30.7 Å². The highest BCUT2D eigenvalue weighted by molar-refractivity contribution is 7.15. The van der Waals surface area contributed by atoms with Gasteiger partial charge in [0.1, 0.15) is 0 Å². The third-order valence-corrected chi connectivity index (χ3v) is 6.92. The van der Waals surface area contributed by atoms with Gasteiger partial charge in [-0.05, 0) is 39.3 Å². The third-order valence-electron chi connectivity index (χ3n) is 4.79. The smallest absolute Gasteiger partial charge is 0.252 e. The molecule has 1 fully saturated rings. The van der Waals surface area contributed by atoms with Crippen molar-refractivity contribution in [2.75, 3.05) is 18.0 Å². The van der Waals surface area contributed by atoms with Crippen LogP contribution in [0, 0.1) is 13.8 Å². The van der Waals surface area contributed by atoms with Crippen LogP contribution in [0.25, 0.3) is 10.6 Å². The maximum atomic E-state index is 12.5. The van der Waals surface area contributed by atoms with Crippen molar-refractivity contribution in [3.8, 4) is 10.6 Å².